The summed E-state index contributed by atoms with van der Waals surface area (Å²) in [6.07, 6.45) is 1.05. The van der Waals surface area contributed by atoms with E-state index in [1.54, 1.807) is 0 Å². The fourth-order valence-corrected chi connectivity index (χ4v) is 4.00. The summed E-state index contributed by atoms with van der Waals surface area (Å²) in [5.41, 5.74) is 2.08. The van der Waals surface area contributed by atoms with E-state index in [0.717, 1.165) is 30.7 Å². The van der Waals surface area contributed by atoms with Crippen LogP contribution in [0.15, 0.2) is 29.3 Å². The maximum atomic E-state index is 12.7. The number of hydrogen-bond acceptors (Lipinski definition) is 9. The molecule has 0 spiro atoms. The SMILES string of the molecule is CS(=O)(=O)c1n[nH]c2nc(Nc3ccc(N4CCOCC4)cc3)nc(NCCF)c12. The van der Waals surface area contributed by atoms with E-state index in [0.29, 0.717) is 13.2 Å². The number of H-pyrrole nitrogens is 1. The number of morpholine rings is 1. The fourth-order valence-electron chi connectivity index (χ4n) is 3.23. The van der Waals surface area contributed by atoms with Crippen LogP contribution in [0, 0.1) is 0 Å². The Morgan fingerprint density at radius 1 is 1.20 bits per heavy atom. The van der Waals surface area contributed by atoms with Crippen LogP contribution in [0.4, 0.5) is 27.5 Å². The summed E-state index contributed by atoms with van der Waals surface area (Å²) in [4.78, 5) is 10.9. The highest BCUT2D eigenvalue weighted by Crippen LogP contribution is 2.28. The minimum absolute atomic E-state index is 0.0197. The number of alkyl halides is 1. The number of sulfone groups is 1. The molecule has 3 heterocycles. The molecular formula is C18H22FN7O3S. The first-order valence-corrected chi connectivity index (χ1v) is 11.3. The van der Waals surface area contributed by atoms with Crippen molar-refractivity contribution in [2.24, 2.45) is 0 Å². The summed E-state index contributed by atoms with van der Waals surface area (Å²) >= 11 is 0. The number of aromatic amines is 1. The highest BCUT2D eigenvalue weighted by molar-refractivity contribution is 7.90. The summed E-state index contributed by atoms with van der Waals surface area (Å²) in [5.74, 6) is 0.422. The van der Waals surface area contributed by atoms with Crippen molar-refractivity contribution in [2.45, 2.75) is 5.03 Å². The van der Waals surface area contributed by atoms with Gasteiger partial charge in [-0.1, -0.05) is 0 Å². The molecule has 1 fully saturated rings. The number of fused-ring (bicyclic) bond motifs is 1. The molecular weight excluding hydrogens is 413 g/mol. The molecule has 4 rings (SSSR count). The highest BCUT2D eigenvalue weighted by atomic mass is 32.2. The van der Waals surface area contributed by atoms with Gasteiger partial charge in [-0.15, -0.1) is 0 Å². The van der Waals surface area contributed by atoms with Crippen LogP contribution < -0.4 is 15.5 Å². The third-order valence-electron chi connectivity index (χ3n) is 4.62. The molecule has 0 saturated carbocycles. The van der Waals surface area contributed by atoms with E-state index in [9.17, 15) is 12.8 Å². The van der Waals surface area contributed by atoms with Gasteiger partial charge < -0.3 is 20.3 Å². The van der Waals surface area contributed by atoms with Crippen LogP contribution in [0.5, 0.6) is 0 Å². The predicted molar refractivity (Wildman–Crippen MR) is 112 cm³/mol. The number of ether oxygens (including phenoxy) is 1. The Balaban J connectivity index is 1.62. The lowest BCUT2D eigenvalue weighted by atomic mass is 10.2. The summed E-state index contributed by atoms with van der Waals surface area (Å²) in [5, 5.41) is 12.4. The van der Waals surface area contributed by atoms with Crippen molar-refractivity contribution < 1.29 is 17.5 Å². The fraction of sp³-hybridized carbons (Fsp3) is 0.389. The van der Waals surface area contributed by atoms with Crippen molar-refractivity contribution in [1.29, 1.82) is 0 Å². The lowest BCUT2D eigenvalue weighted by Crippen LogP contribution is -2.36. The van der Waals surface area contributed by atoms with Crippen LogP contribution in [0.25, 0.3) is 11.0 Å². The molecule has 30 heavy (non-hydrogen) atoms. The van der Waals surface area contributed by atoms with Crippen molar-refractivity contribution in [3.63, 3.8) is 0 Å². The molecule has 0 bridgehead atoms. The predicted octanol–water partition coefficient (Wildman–Crippen LogP) is 1.72. The van der Waals surface area contributed by atoms with Gasteiger partial charge in [0.2, 0.25) is 5.95 Å². The van der Waals surface area contributed by atoms with Crippen LogP contribution >= 0.6 is 0 Å². The van der Waals surface area contributed by atoms with Gasteiger partial charge in [0, 0.05) is 37.3 Å². The number of anilines is 4. The van der Waals surface area contributed by atoms with Gasteiger partial charge in [-0.2, -0.15) is 15.1 Å². The maximum Gasteiger partial charge on any atom is 0.231 e. The molecule has 0 aliphatic carbocycles. The minimum Gasteiger partial charge on any atom is -0.378 e. The van der Waals surface area contributed by atoms with E-state index < -0.39 is 16.5 Å². The van der Waals surface area contributed by atoms with Gasteiger partial charge in [0.15, 0.2) is 20.5 Å². The second-order valence-corrected chi connectivity index (χ2v) is 8.74. The van der Waals surface area contributed by atoms with Crippen LogP contribution in [-0.4, -0.2) is 74.4 Å². The van der Waals surface area contributed by atoms with E-state index in [-0.39, 0.29) is 34.4 Å². The maximum absolute atomic E-state index is 12.7. The number of nitrogens with zero attached hydrogens (tertiary/aromatic N) is 4. The topological polar surface area (TPSA) is 125 Å². The number of benzene rings is 1. The van der Waals surface area contributed by atoms with Gasteiger partial charge in [0.05, 0.1) is 13.2 Å². The molecule has 1 aromatic carbocycles. The largest absolute Gasteiger partial charge is 0.378 e. The van der Waals surface area contributed by atoms with Crippen molar-refractivity contribution in [1.82, 2.24) is 20.2 Å². The molecule has 1 aliphatic rings. The lowest BCUT2D eigenvalue weighted by Gasteiger charge is -2.28. The summed E-state index contributed by atoms with van der Waals surface area (Å²) in [6, 6.07) is 7.79. The number of nitrogens with one attached hydrogen (secondary N) is 3. The van der Waals surface area contributed by atoms with E-state index in [1.165, 1.54) is 0 Å². The molecule has 0 radical (unpaired) electrons. The smallest absolute Gasteiger partial charge is 0.231 e. The lowest BCUT2D eigenvalue weighted by molar-refractivity contribution is 0.122. The van der Waals surface area contributed by atoms with Gasteiger partial charge >= 0.3 is 0 Å². The average Bonchev–Trinajstić information content (AvgIpc) is 3.18. The highest BCUT2D eigenvalue weighted by Gasteiger charge is 2.22. The zero-order chi connectivity index (χ0) is 21.1. The molecule has 0 unspecified atom stereocenters. The molecule has 0 atom stereocenters. The Hall–Kier alpha value is -2.99. The molecule has 1 saturated heterocycles. The van der Waals surface area contributed by atoms with Gasteiger partial charge in [0.1, 0.15) is 17.9 Å². The van der Waals surface area contributed by atoms with Crippen molar-refractivity contribution >= 4 is 44.0 Å². The Morgan fingerprint density at radius 2 is 1.93 bits per heavy atom. The summed E-state index contributed by atoms with van der Waals surface area (Å²) in [7, 11) is -3.61. The van der Waals surface area contributed by atoms with Crippen LogP contribution in [0.1, 0.15) is 0 Å². The first-order chi connectivity index (χ1) is 14.5. The van der Waals surface area contributed by atoms with Crippen LogP contribution in [0.3, 0.4) is 0 Å². The normalized spacial score (nSPS) is 14.8. The number of hydrogen-bond donors (Lipinski definition) is 3. The van der Waals surface area contributed by atoms with E-state index in [1.807, 2.05) is 24.3 Å². The van der Waals surface area contributed by atoms with Gasteiger partial charge in [-0.05, 0) is 24.3 Å². The molecule has 10 nitrogen and oxygen atoms in total. The molecule has 160 valence electrons. The van der Waals surface area contributed by atoms with Gasteiger partial charge in [-0.25, -0.2) is 12.8 Å². The Morgan fingerprint density at radius 3 is 2.60 bits per heavy atom. The minimum atomic E-state index is -3.61. The second kappa shape index (κ2) is 8.40. The molecule has 3 aromatic rings. The van der Waals surface area contributed by atoms with Crippen molar-refractivity contribution in [3.05, 3.63) is 24.3 Å². The third kappa shape index (κ3) is 4.28. The first kappa shape index (κ1) is 20.3. The van der Waals surface area contributed by atoms with Crippen molar-refractivity contribution in [2.75, 3.05) is 61.3 Å². The van der Waals surface area contributed by atoms with E-state index in [4.69, 9.17) is 4.74 Å². The van der Waals surface area contributed by atoms with E-state index in [2.05, 4.69) is 35.7 Å². The molecule has 12 heteroatoms. The monoisotopic (exact) mass is 435 g/mol. The Labute approximate surface area is 172 Å². The van der Waals surface area contributed by atoms with Gasteiger partial charge in [-0.3, -0.25) is 5.10 Å². The summed E-state index contributed by atoms with van der Waals surface area (Å²) in [6.45, 7) is 2.46. The number of halogens is 1. The average molecular weight is 435 g/mol. The number of rotatable bonds is 7. The zero-order valence-electron chi connectivity index (χ0n) is 16.4. The molecule has 2 aromatic heterocycles. The Kier molecular flexibility index (Phi) is 5.68. The molecule has 1 aliphatic heterocycles. The molecule has 0 amide bonds. The Bertz CT molecular complexity index is 1130. The second-order valence-electron chi connectivity index (χ2n) is 6.81. The van der Waals surface area contributed by atoms with Crippen LogP contribution in [0.2, 0.25) is 0 Å². The van der Waals surface area contributed by atoms with Crippen molar-refractivity contribution in [3.8, 4) is 0 Å². The molecule has 3 N–H and O–H groups in total. The van der Waals surface area contributed by atoms with Gasteiger partial charge in [0.25, 0.3) is 0 Å². The quantitative estimate of drug-likeness (QED) is 0.509. The van der Waals surface area contributed by atoms with E-state index >= 15 is 0 Å². The summed E-state index contributed by atoms with van der Waals surface area (Å²) < 4.78 is 42.1. The third-order valence-corrected chi connectivity index (χ3v) is 5.62. The standard InChI is InChI=1S/C18H22FN7O3S/c1-30(27,28)17-14-15(20-7-6-19)22-18(23-16(14)24-25-17)21-12-2-4-13(5-3-12)26-8-10-29-11-9-26/h2-5H,6-11H2,1H3,(H3,20,21,22,23,24,25). The van der Waals surface area contributed by atoms with Crippen LogP contribution in [-0.2, 0) is 14.6 Å². The first-order valence-electron chi connectivity index (χ1n) is 9.41. The number of aromatic nitrogens is 4. The zero-order valence-corrected chi connectivity index (χ0v) is 17.2.